The molecule has 1 aliphatic heterocycles. The SMILES string of the molecule is NCC(Cc1ccccn1)c1ccc2c(c1)OCCO2. The van der Waals surface area contributed by atoms with Crippen molar-refractivity contribution in [2.45, 2.75) is 12.3 Å². The van der Waals surface area contributed by atoms with Crippen LogP contribution in [0.4, 0.5) is 0 Å². The summed E-state index contributed by atoms with van der Waals surface area (Å²) in [5, 5.41) is 0. The van der Waals surface area contributed by atoms with Crippen molar-refractivity contribution < 1.29 is 9.47 Å². The summed E-state index contributed by atoms with van der Waals surface area (Å²) in [5.74, 6) is 1.86. The number of hydrogen-bond acceptors (Lipinski definition) is 4. The van der Waals surface area contributed by atoms with E-state index in [1.165, 1.54) is 5.56 Å². The molecule has 0 spiro atoms. The van der Waals surface area contributed by atoms with Gasteiger partial charge in [-0.05, 0) is 42.8 Å². The van der Waals surface area contributed by atoms with Gasteiger partial charge in [0.2, 0.25) is 0 Å². The lowest BCUT2D eigenvalue weighted by Gasteiger charge is -2.21. The molecule has 0 saturated heterocycles. The normalized spacial score (nSPS) is 14.8. The van der Waals surface area contributed by atoms with E-state index >= 15 is 0 Å². The first kappa shape index (κ1) is 12.9. The van der Waals surface area contributed by atoms with Gasteiger partial charge in [-0.15, -0.1) is 0 Å². The van der Waals surface area contributed by atoms with Crippen molar-refractivity contribution in [1.82, 2.24) is 4.98 Å². The first-order valence-electron chi connectivity index (χ1n) is 6.86. The summed E-state index contributed by atoms with van der Waals surface area (Å²) >= 11 is 0. The van der Waals surface area contributed by atoms with Gasteiger partial charge in [0, 0.05) is 17.8 Å². The third kappa shape index (κ3) is 2.75. The summed E-state index contributed by atoms with van der Waals surface area (Å²) in [4.78, 5) is 4.37. The molecular weight excluding hydrogens is 252 g/mol. The molecule has 4 nitrogen and oxygen atoms in total. The Hall–Kier alpha value is -2.07. The number of pyridine rings is 1. The van der Waals surface area contributed by atoms with Crippen molar-refractivity contribution in [3.05, 3.63) is 53.9 Å². The molecule has 0 amide bonds. The minimum Gasteiger partial charge on any atom is -0.486 e. The molecule has 0 aliphatic carbocycles. The lowest BCUT2D eigenvalue weighted by Crippen LogP contribution is -2.18. The van der Waals surface area contributed by atoms with E-state index in [9.17, 15) is 0 Å². The first-order chi connectivity index (χ1) is 9.86. The Labute approximate surface area is 118 Å². The highest BCUT2D eigenvalue weighted by molar-refractivity contribution is 5.45. The summed E-state index contributed by atoms with van der Waals surface area (Å²) in [5.41, 5.74) is 8.15. The molecule has 1 aliphatic rings. The molecule has 20 heavy (non-hydrogen) atoms. The van der Waals surface area contributed by atoms with Crippen LogP contribution in [0.3, 0.4) is 0 Å². The van der Waals surface area contributed by atoms with E-state index in [2.05, 4.69) is 11.1 Å². The second-order valence-electron chi connectivity index (χ2n) is 4.86. The zero-order chi connectivity index (χ0) is 13.8. The highest BCUT2D eigenvalue weighted by Gasteiger charge is 2.16. The summed E-state index contributed by atoms with van der Waals surface area (Å²) in [6.45, 7) is 1.79. The molecule has 0 fully saturated rings. The van der Waals surface area contributed by atoms with Gasteiger partial charge in [-0.1, -0.05) is 12.1 Å². The van der Waals surface area contributed by atoms with Gasteiger partial charge in [-0.25, -0.2) is 0 Å². The van der Waals surface area contributed by atoms with Crippen LogP contribution in [-0.2, 0) is 6.42 Å². The number of aromatic nitrogens is 1. The fourth-order valence-corrected chi connectivity index (χ4v) is 2.42. The summed E-state index contributed by atoms with van der Waals surface area (Å²) in [6, 6.07) is 12.0. The van der Waals surface area contributed by atoms with E-state index in [0.717, 1.165) is 23.6 Å². The van der Waals surface area contributed by atoms with Crippen molar-refractivity contribution >= 4 is 0 Å². The van der Waals surface area contributed by atoms with Crippen molar-refractivity contribution in [3.8, 4) is 11.5 Å². The maximum absolute atomic E-state index is 5.93. The molecule has 2 N–H and O–H groups in total. The predicted molar refractivity (Wildman–Crippen MR) is 77.2 cm³/mol. The van der Waals surface area contributed by atoms with E-state index < -0.39 is 0 Å². The number of rotatable bonds is 4. The highest BCUT2D eigenvalue weighted by atomic mass is 16.6. The molecule has 1 atom stereocenters. The van der Waals surface area contributed by atoms with Gasteiger partial charge in [0.05, 0.1) is 0 Å². The van der Waals surface area contributed by atoms with Gasteiger partial charge in [0.15, 0.2) is 11.5 Å². The topological polar surface area (TPSA) is 57.4 Å². The largest absolute Gasteiger partial charge is 0.486 e. The second kappa shape index (κ2) is 5.92. The number of ether oxygens (including phenoxy) is 2. The Bertz CT molecular complexity index is 572. The van der Waals surface area contributed by atoms with E-state index in [1.807, 2.05) is 36.5 Å². The molecule has 0 saturated carbocycles. The highest BCUT2D eigenvalue weighted by Crippen LogP contribution is 2.33. The molecule has 0 bridgehead atoms. The molecule has 1 aromatic heterocycles. The zero-order valence-electron chi connectivity index (χ0n) is 11.3. The Morgan fingerprint density at radius 1 is 1.10 bits per heavy atom. The number of nitrogens with zero attached hydrogens (tertiary/aromatic N) is 1. The number of fused-ring (bicyclic) bond motifs is 1. The van der Waals surface area contributed by atoms with Crippen LogP contribution >= 0.6 is 0 Å². The minimum atomic E-state index is 0.237. The Morgan fingerprint density at radius 2 is 1.95 bits per heavy atom. The Kier molecular flexibility index (Phi) is 3.83. The van der Waals surface area contributed by atoms with Crippen molar-refractivity contribution in [2.24, 2.45) is 5.73 Å². The summed E-state index contributed by atoms with van der Waals surface area (Å²) < 4.78 is 11.2. The van der Waals surface area contributed by atoms with Crippen LogP contribution < -0.4 is 15.2 Å². The average Bonchev–Trinajstić information content (AvgIpc) is 2.53. The molecule has 2 heterocycles. The lowest BCUT2D eigenvalue weighted by atomic mass is 9.93. The van der Waals surface area contributed by atoms with Crippen molar-refractivity contribution in [2.75, 3.05) is 19.8 Å². The molecule has 3 rings (SSSR count). The monoisotopic (exact) mass is 270 g/mol. The third-order valence-electron chi connectivity index (χ3n) is 3.50. The summed E-state index contributed by atoms with van der Waals surface area (Å²) in [7, 11) is 0. The van der Waals surface area contributed by atoms with Crippen LogP contribution in [0, 0.1) is 0 Å². The smallest absolute Gasteiger partial charge is 0.161 e. The van der Waals surface area contributed by atoms with Crippen molar-refractivity contribution in [3.63, 3.8) is 0 Å². The fraction of sp³-hybridized carbons (Fsp3) is 0.312. The maximum Gasteiger partial charge on any atom is 0.161 e. The maximum atomic E-state index is 5.93. The lowest BCUT2D eigenvalue weighted by molar-refractivity contribution is 0.171. The minimum absolute atomic E-state index is 0.237. The molecule has 1 aromatic carbocycles. The van der Waals surface area contributed by atoms with Gasteiger partial charge in [-0.3, -0.25) is 4.98 Å². The third-order valence-corrected chi connectivity index (χ3v) is 3.50. The first-order valence-corrected chi connectivity index (χ1v) is 6.86. The quantitative estimate of drug-likeness (QED) is 0.924. The molecule has 2 aromatic rings. The van der Waals surface area contributed by atoms with Gasteiger partial charge >= 0.3 is 0 Å². The number of nitrogens with two attached hydrogens (primary N) is 1. The Balaban J connectivity index is 1.82. The van der Waals surface area contributed by atoms with Crippen LogP contribution in [0.25, 0.3) is 0 Å². The van der Waals surface area contributed by atoms with E-state index in [4.69, 9.17) is 15.2 Å². The zero-order valence-corrected chi connectivity index (χ0v) is 11.3. The Morgan fingerprint density at radius 3 is 2.70 bits per heavy atom. The van der Waals surface area contributed by atoms with Crippen LogP contribution in [0.2, 0.25) is 0 Å². The van der Waals surface area contributed by atoms with Crippen molar-refractivity contribution in [1.29, 1.82) is 0 Å². The fourth-order valence-electron chi connectivity index (χ4n) is 2.42. The van der Waals surface area contributed by atoms with Gasteiger partial charge in [0.25, 0.3) is 0 Å². The molecular formula is C16H18N2O2. The van der Waals surface area contributed by atoms with Gasteiger partial charge in [-0.2, -0.15) is 0 Å². The van der Waals surface area contributed by atoms with E-state index in [-0.39, 0.29) is 5.92 Å². The standard InChI is InChI=1S/C16H18N2O2/c17-11-13(9-14-3-1-2-6-18-14)12-4-5-15-16(10-12)20-8-7-19-15/h1-6,10,13H,7-9,11,17H2. The van der Waals surface area contributed by atoms with E-state index in [1.54, 1.807) is 0 Å². The molecule has 1 unspecified atom stereocenters. The average molecular weight is 270 g/mol. The number of benzene rings is 1. The molecule has 104 valence electrons. The van der Waals surface area contributed by atoms with Gasteiger partial charge < -0.3 is 15.2 Å². The predicted octanol–water partition coefficient (Wildman–Crippen LogP) is 2.14. The molecule has 4 heteroatoms. The van der Waals surface area contributed by atoms with Crippen LogP contribution in [-0.4, -0.2) is 24.7 Å². The van der Waals surface area contributed by atoms with Crippen LogP contribution in [0.15, 0.2) is 42.6 Å². The van der Waals surface area contributed by atoms with Crippen LogP contribution in [0.5, 0.6) is 11.5 Å². The number of hydrogen-bond donors (Lipinski definition) is 1. The van der Waals surface area contributed by atoms with E-state index in [0.29, 0.717) is 19.8 Å². The van der Waals surface area contributed by atoms with Crippen LogP contribution in [0.1, 0.15) is 17.2 Å². The molecule has 0 radical (unpaired) electrons. The second-order valence-corrected chi connectivity index (χ2v) is 4.86. The van der Waals surface area contributed by atoms with Gasteiger partial charge in [0.1, 0.15) is 13.2 Å². The summed E-state index contributed by atoms with van der Waals surface area (Å²) in [6.07, 6.45) is 2.64.